The van der Waals surface area contributed by atoms with Crippen molar-refractivity contribution in [3.05, 3.63) is 105 Å². The van der Waals surface area contributed by atoms with Crippen LogP contribution in [0.1, 0.15) is 43.5 Å². The Kier molecular flexibility index (Phi) is 7.95. The highest BCUT2D eigenvalue weighted by Gasteiger charge is 2.24. The van der Waals surface area contributed by atoms with Crippen LogP contribution in [0.2, 0.25) is 10.2 Å². The molecule has 2 bridgehead atoms. The predicted octanol–water partition coefficient (Wildman–Crippen LogP) is 6.22. The summed E-state index contributed by atoms with van der Waals surface area (Å²) in [6.45, 7) is 1.84. The molecular weight excluding hydrogens is 606 g/mol. The number of fused-ring (bicyclic) bond motifs is 4. The number of aromatic nitrogens is 6. The van der Waals surface area contributed by atoms with Crippen molar-refractivity contribution in [2.75, 3.05) is 5.32 Å². The van der Waals surface area contributed by atoms with Gasteiger partial charge < -0.3 is 5.32 Å². The average molecular weight is 629 g/mol. The number of nitrogens with one attached hydrogen (secondary N) is 1. The summed E-state index contributed by atoms with van der Waals surface area (Å²) in [5.41, 5.74) is 2.85. The van der Waals surface area contributed by atoms with Crippen molar-refractivity contribution in [1.29, 1.82) is 5.26 Å². The minimum absolute atomic E-state index is 0.0321. The van der Waals surface area contributed by atoms with Gasteiger partial charge in [-0.1, -0.05) is 47.8 Å². The molecule has 3 aromatic heterocycles. The number of benzene rings is 2. The van der Waals surface area contributed by atoms with E-state index in [0.29, 0.717) is 41.8 Å². The lowest BCUT2D eigenvalue weighted by Gasteiger charge is -2.23. The van der Waals surface area contributed by atoms with Crippen LogP contribution in [0.25, 0.3) is 28.1 Å². The Balaban J connectivity index is 1.46. The number of hydrogen-bond donors (Lipinski definition) is 1. The molecule has 13 heteroatoms. The van der Waals surface area contributed by atoms with E-state index in [0.717, 1.165) is 5.56 Å². The van der Waals surface area contributed by atoms with Crippen LogP contribution in [0.4, 0.5) is 10.1 Å². The van der Waals surface area contributed by atoms with Gasteiger partial charge in [0.1, 0.15) is 0 Å². The van der Waals surface area contributed by atoms with Crippen LogP contribution in [0.15, 0.2) is 72.0 Å². The fourth-order valence-corrected chi connectivity index (χ4v) is 5.60. The van der Waals surface area contributed by atoms with E-state index in [9.17, 15) is 14.9 Å². The van der Waals surface area contributed by atoms with Gasteiger partial charge in [0.15, 0.2) is 11.0 Å². The third kappa shape index (κ3) is 5.57. The van der Waals surface area contributed by atoms with Crippen LogP contribution in [-0.2, 0) is 4.79 Å². The summed E-state index contributed by atoms with van der Waals surface area (Å²) >= 11 is 12.1. The highest BCUT2D eigenvalue weighted by Crippen LogP contribution is 2.35. The first kappa shape index (κ1) is 29.2. The topological polar surface area (TPSA) is 131 Å². The van der Waals surface area contributed by atoms with Crippen molar-refractivity contribution in [1.82, 2.24) is 29.5 Å². The summed E-state index contributed by atoms with van der Waals surface area (Å²) in [4.78, 5) is 35.8. The second-order valence-electron chi connectivity index (χ2n) is 10.4. The molecule has 44 heavy (non-hydrogen) atoms. The summed E-state index contributed by atoms with van der Waals surface area (Å²) in [7, 11) is 0. The molecule has 10 nitrogen and oxygen atoms in total. The summed E-state index contributed by atoms with van der Waals surface area (Å²) in [6.07, 6.45) is 6.05. The Morgan fingerprint density at radius 3 is 2.66 bits per heavy atom. The number of rotatable bonds is 3. The minimum atomic E-state index is -0.772. The lowest BCUT2D eigenvalue weighted by atomic mass is 9.95. The number of pyridine rings is 1. The highest BCUT2D eigenvalue weighted by atomic mass is 35.5. The number of nitrogens with zero attached hydrogens (tertiary/aromatic N) is 7. The third-order valence-electron chi connectivity index (χ3n) is 7.62. The van der Waals surface area contributed by atoms with Gasteiger partial charge in [0.2, 0.25) is 5.91 Å². The van der Waals surface area contributed by atoms with E-state index in [2.05, 4.69) is 31.7 Å². The van der Waals surface area contributed by atoms with Crippen molar-refractivity contribution in [2.24, 2.45) is 5.92 Å². The SMILES string of the molecule is CC1CCCC(n2cnc(-c3c(-n4cc(Cl)nn4)ccc(Cl)c3F)cc2=O)c2cc(ccn2)-c2ccc(C#N)cc2NC1=O. The first-order valence-corrected chi connectivity index (χ1v) is 14.4. The van der Waals surface area contributed by atoms with Gasteiger partial charge in [-0.2, -0.15) is 5.26 Å². The van der Waals surface area contributed by atoms with E-state index in [4.69, 9.17) is 23.2 Å². The molecule has 0 saturated heterocycles. The van der Waals surface area contributed by atoms with E-state index in [1.807, 2.05) is 13.0 Å². The van der Waals surface area contributed by atoms with E-state index < -0.39 is 17.4 Å². The normalized spacial score (nSPS) is 16.7. The number of nitriles is 1. The Morgan fingerprint density at radius 1 is 1.07 bits per heavy atom. The van der Waals surface area contributed by atoms with E-state index in [1.54, 1.807) is 30.5 Å². The summed E-state index contributed by atoms with van der Waals surface area (Å²) in [5.74, 6) is -1.26. The zero-order valence-corrected chi connectivity index (χ0v) is 24.7. The Labute approximate surface area is 260 Å². The first-order valence-electron chi connectivity index (χ1n) is 13.7. The monoisotopic (exact) mass is 628 g/mol. The molecule has 1 aliphatic rings. The molecule has 4 heterocycles. The molecule has 220 valence electrons. The number of anilines is 1. The van der Waals surface area contributed by atoms with Gasteiger partial charge >= 0.3 is 0 Å². The molecule has 1 amide bonds. The second-order valence-corrected chi connectivity index (χ2v) is 11.2. The smallest absolute Gasteiger partial charge is 0.254 e. The number of amides is 1. The molecule has 6 rings (SSSR count). The fraction of sp³-hybridized carbons (Fsp3) is 0.194. The summed E-state index contributed by atoms with van der Waals surface area (Å²) in [6, 6.07) is 14.5. The molecule has 5 aromatic rings. The number of carbonyl (C=O) groups excluding carboxylic acids is 1. The molecule has 2 unspecified atom stereocenters. The van der Waals surface area contributed by atoms with Crippen LogP contribution in [0, 0.1) is 23.1 Å². The van der Waals surface area contributed by atoms with Crippen molar-refractivity contribution >= 4 is 34.8 Å². The zero-order chi connectivity index (χ0) is 31.0. The van der Waals surface area contributed by atoms with Crippen LogP contribution >= 0.6 is 23.2 Å². The average Bonchev–Trinajstić information content (AvgIpc) is 3.46. The van der Waals surface area contributed by atoms with E-state index in [1.165, 1.54) is 40.0 Å². The summed E-state index contributed by atoms with van der Waals surface area (Å²) in [5, 5.41) is 20.0. The molecule has 2 atom stereocenters. The quantitative estimate of drug-likeness (QED) is 0.251. The maximum absolute atomic E-state index is 15.4. The Bertz CT molecular complexity index is 2020. The molecule has 0 fully saturated rings. The second kappa shape index (κ2) is 12.0. The van der Waals surface area contributed by atoms with Gasteiger partial charge in [-0.15, -0.1) is 5.10 Å². The first-order chi connectivity index (χ1) is 21.2. The lowest BCUT2D eigenvalue weighted by molar-refractivity contribution is -0.119. The lowest BCUT2D eigenvalue weighted by Crippen LogP contribution is -2.27. The minimum Gasteiger partial charge on any atom is -0.325 e. The van der Waals surface area contributed by atoms with Crippen LogP contribution < -0.4 is 10.9 Å². The van der Waals surface area contributed by atoms with E-state index >= 15 is 4.39 Å². The zero-order valence-electron chi connectivity index (χ0n) is 23.2. The molecule has 0 aliphatic carbocycles. The van der Waals surface area contributed by atoms with Crippen LogP contribution in [0.3, 0.4) is 0 Å². The third-order valence-corrected chi connectivity index (χ3v) is 8.08. The van der Waals surface area contributed by atoms with Crippen molar-refractivity contribution in [3.8, 4) is 34.1 Å². The molecule has 1 aliphatic heterocycles. The maximum atomic E-state index is 15.4. The van der Waals surface area contributed by atoms with Crippen LogP contribution in [-0.4, -0.2) is 35.4 Å². The molecule has 0 saturated carbocycles. The van der Waals surface area contributed by atoms with Gasteiger partial charge in [-0.25, -0.2) is 14.1 Å². The highest BCUT2D eigenvalue weighted by molar-refractivity contribution is 6.31. The number of halogens is 3. The van der Waals surface area contributed by atoms with Crippen molar-refractivity contribution in [2.45, 2.75) is 32.2 Å². The van der Waals surface area contributed by atoms with Gasteiger partial charge in [0.25, 0.3) is 5.56 Å². The summed E-state index contributed by atoms with van der Waals surface area (Å²) < 4.78 is 18.2. The van der Waals surface area contributed by atoms with Crippen molar-refractivity contribution in [3.63, 3.8) is 0 Å². The Hall–Kier alpha value is -4.92. The predicted molar refractivity (Wildman–Crippen MR) is 163 cm³/mol. The Morgan fingerprint density at radius 2 is 1.91 bits per heavy atom. The fourth-order valence-electron chi connectivity index (χ4n) is 5.32. The standard InChI is InChI=1S/C31H23Cl2FN8O2/c1-17-3-2-4-25(23-12-19(9-10-36-23)20-6-5-18(14-35)11-22(20)38-31(17)44)41-16-37-24(13-28(41)43)29-26(8-7-21(32)30(29)34)42-15-27(33)39-40-42/h5-13,15-17,25H,2-4H2,1H3,(H,38,44). The molecule has 1 N–H and O–H groups in total. The van der Waals surface area contributed by atoms with Gasteiger partial charge in [0, 0.05) is 29.4 Å². The van der Waals surface area contributed by atoms with E-state index in [-0.39, 0.29) is 38.9 Å². The number of hydrogen-bond acceptors (Lipinski definition) is 7. The molecule has 2 aromatic carbocycles. The van der Waals surface area contributed by atoms with Crippen LogP contribution in [0.5, 0.6) is 0 Å². The van der Waals surface area contributed by atoms with Crippen molar-refractivity contribution < 1.29 is 9.18 Å². The molecule has 0 spiro atoms. The molecule has 0 radical (unpaired) electrons. The molecular formula is C31H23Cl2FN8O2. The largest absolute Gasteiger partial charge is 0.325 e. The van der Waals surface area contributed by atoms with Gasteiger partial charge in [-0.3, -0.25) is 19.1 Å². The van der Waals surface area contributed by atoms with Gasteiger partial charge in [-0.05, 0) is 54.8 Å². The number of carbonyl (C=O) groups is 1. The maximum Gasteiger partial charge on any atom is 0.254 e. The van der Waals surface area contributed by atoms with Gasteiger partial charge in [0.05, 0.1) is 57.9 Å².